The number of benzene rings is 1. The van der Waals surface area contributed by atoms with Gasteiger partial charge in [-0.3, -0.25) is 4.79 Å². The number of halogens is 2. The summed E-state index contributed by atoms with van der Waals surface area (Å²) in [7, 11) is 0. The zero-order chi connectivity index (χ0) is 13.9. The number of rotatable bonds is 4. The number of hydrogen-bond donors (Lipinski definition) is 2. The molecule has 1 rings (SSSR count). The highest BCUT2D eigenvalue weighted by Gasteiger charge is 2.33. The third kappa shape index (κ3) is 3.07. The predicted molar refractivity (Wildman–Crippen MR) is 67.9 cm³/mol. The third-order valence-electron chi connectivity index (χ3n) is 2.75. The van der Waals surface area contributed by atoms with E-state index in [0.29, 0.717) is 0 Å². The minimum Gasteiger partial charge on any atom is -0.480 e. The fraction of sp³-hybridized carbons (Fsp3) is 0.333. The summed E-state index contributed by atoms with van der Waals surface area (Å²) in [6.07, 6.45) is 0.246. The van der Waals surface area contributed by atoms with E-state index in [-0.39, 0.29) is 16.5 Å². The van der Waals surface area contributed by atoms with Crippen LogP contribution in [0, 0.1) is 5.82 Å². The minimum absolute atomic E-state index is 0.156. The molecule has 0 heterocycles. The summed E-state index contributed by atoms with van der Waals surface area (Å²) in [6.45, 7) is 3.08. The molecule has 0 aliphatic carbocycles. The number of aliphatic carboxylic acids is 1. The van der Waals surface area contributed by atoms with Crippen molar-refractivity contribution >= 4 is 27.8 Å². The summed E-state index contributed by atoms with van der Waals surface area (Å²) in [6, 6.07) is 3.75. The van der Waals surface area contributed by atoms with Gasteiger partial charge < -0.3 is 10.4 Å². The topological polar surface area (TPSA) is 66.4 Å². The van der Waals surface area contributed by atoms with Crippen LogP contribution >= 0.6 is 15.9 Å². The van der Waals surface area contributed by atoms with E-state index in [9.17, 15) is 14.0 Å². The van der Waals surface area contributed by atoms with Crippen LogP contribution in [0.2, 0.25) is 0 Å². The standard InChI is InChI=1S/C12H13BrFNO3/c1-3-12(2,11(17)18)15-10(16)7-4-5-9(14)8(13)6-7/h4-6H,3H2,1-2H3,(H,15,16)(H,17,18). The van der Waals surface area contributed by atoms with Crippen molar-refractivity contribution in [1.29, 1.82) is 0 Å². The first-order chi connectivity index (χ1) is 8.30. The first kappa shape index (κ1) is 14.6. The van der Waals surface area contributed by atoms with Crippen LogP contribution in [-0.4, -0.2) is 22.5 Å². The van der Waals surface area contributed by atoms with Gasteiger partial charge in [-0.05, 0) is 47.5 Å². The Morgan fingerprint density at radius 3 is 2.56 bits per heavy atom. The molecule has 1 aromatic carbocycles. The first-order valence-electron chi connectivity index (χ1n) is 5.31. The molecule has 1 atom stereocenters. The zero-order valence-corrected chi connectivity index (χ0v) is 11.5. The van der Waals surface area contributed by atoms with Gasteiger partial charge in [-0.25, -0.2) is 9.18 Å². The molecule has 0 spiro atoms. The maximum absolute atomic E-state index is 13.0. The molecule has 0 aromatic heterocycles. The van der Waals surface area contributed by atoms with Crippen LogP contribution in [0.4, 0.5) is 4.39 Å². The van der Waals surface area contributed by atoms with Crippen LogP contribution in [0.3, 0.4) is 0 Å². The number of carbonyl (C=O) groups excluding carboxylic acids is 1. The third-order valence-corrected chi connectivity index (χ3v) is 3.36. The van der Waals surface area contributed by atoms with Crippen LogP contribution in [-0.2, 0) is 4.79 Å². The highest BCUT2D eigenvalue weighted by molar-refractivity contribution is 9.10. The molecule has 0 aliphatic rings. The van der Waals surface area contributed by atoms with Gasteiger partial charge in [0, 0.05) is 5.56 Å². The fourth-order valence-corrected chi connectivity index (χ4v) is 1.63. The van der Waals surface area contributed by atoms with Crippen LogP contribution < -0.4 is 5.32 Å². The summed E-state index contributed by atoms with van der Waals surface area (Å²) >= 11 is 2.97. The first-order valence-corrected chi connectivity index (χ1v) is 6.10. The van der Waals surface area contributed by atoms with Gasteiger partial charge in [-0.15, -0.1) is 0 Å². The smallest absolute Gasteiger partial charge is 0.329 e. The van der Waals surface area contributed by atoms with E-state index in [1.165, 1.54) is 19.1 Å². The minimum atomic E-state index is -1.34. The van der Waals surface area contributed by atoms with Crippen LogP contribution in [0.15, 0.2) is 22.7 Å². The molecule has 2 N–H and O–H groups in total. The predicted octanol–water partition coefficient (Wildman–Crippen LogP) is 2.57. The molecule has 18 heavy (non-hydrogen) atoms. The lowest BCUT2D eigenvalue weighted by molar-refractivity contribution is -0.143. The molecule has 0 radical (unpaired) electrons. The lowest BCUT2D eigenvalue weighted by Gasteiger charge is -2.24. The molecule has 0 saturated heterocycles. The van der Waals surface area contributed by atoms with Crippen molar-refractivity contribution in [2.24, 2.45) is 0 Å². The van der Waals surface area contributed by atoms with E-state index in [4.69, 9.17) is 5.11 Å². The SMILES string of the molecule is CCC(C)(NC(=O)c1ccc(F)c(Br)c1)C(=O)O. The number of carbonyl (C=O) groups is 2. The lowest BCUT2D eigenvalue weighted by Crippen LogP contribution is -2.51. The number of hydrogen-bond acceptors (Lipinski definition) is 2. The Hall–Kier alpha value is -1.43. The highest BCUT2D eigenvalue weighted by atomic mass is 79.9. The van der Waals surface area contributed by atoms with E-state index in [1.807, 2.05) is 0 Å². The maximum atomic E-state index is 13.0. The van der Waals surface area contributed by atoms with Gasteiger partial charge >= 0.3 is 5.97 Å². The molecule has 0 aliphatic heterocycles. The van der Waals surface area contributed by atoms with Crippen molar-refractivity contribution in [3.8, 4) is 0 Å². The van der Waals surface area contributed by atoms with E-state index < -0.39 is 23.2 Å². The van der Waals surface area contributed by atoms with E-state index in [0.717, 1.165) is 6.07 Å². The van der Waals surface area contributed by atoms with Crippen molar-refractivity contribution in [2.75, 3.05) is 0 Å². The molecule has 1 aromatic rings. The van der Waals surface area contributed by atoms with E-state index in [2.05, 4.69) is 21.2 Å². The average Bonchev–Trinajstić information content (AvgIpc) is 2.32. The largest absolute Gasteiger partial charge is 0.480 e. The Balaban J connectivity index is 2.95. The van der Waals surface area contributed by atoms with Crippen molar-refractivity contribution in [3.05, 3.63) is 34.1 Å². The summed E-state index contributed by atoms with van der Waals surface area (Å²) in [5, 5.41) is 11.5. The molecule has 1 amide bonds. The molecule has 6 heteroatoms. The molecule has 0 fully saturated rings. The van der Waals surface area contributed by atoms with Crippen molar-refractivity contribution in [2.45, 2.75) is 25.8 Å². The van der Waals surface area contributed by atoms with Crippen LogP contribution in [0.25, 0.3) is 0 Å². The molecule has 0 saturated carbocycles. The number of nitrogens with one attached hydrogen (secondary N) is 1. The molecule has 1 unspecified atom stereocenters. The summed E-state index contributed by atoms with van der Waals surface area (Å²) < 4.78 is 13.2. The van der Waals surface area contributed by atoms with E-state index in [1.54, 1.807) is 6.92 Å². The Kier molecular flexibility index (Phi) is 4.45. The number of carboxylic acids is 1. The number of carboxylic acid groups (broad SMARTS) is 1. The molecule has 4 nitrogen and oxygen atoms in total. The Bertz CT molecular complexity index is 492. The van der Waals surface area contributed by atoms with Gasteiger partial charge in [0.1, 0.15) is 11.4 Å². The van der Waals surface area contributed by atoms with Crippen molar-refractivity contribution in [1.82, 2.24) is 5.32 Å². The van der Waals surface area contributed by atoms with Gasteiger partial charge in [-0.1, -0.05) is 6.92 Å². The quantitative estimate of drug-likeness (QED) is 0.897. The summed E-state index contributed by atoms with van der Waals surface area (Å²) in [4.78, 5) is 22.9. The average molecular weight is 318 g/mol. The van der Waals surface area contributed by atoms with Gasteiger partial charge in [0.05, 0.1) is 4.47 Å². The molecular formula is C12H13BrFNO3. The fourth-order valence-electron chi connectivity index (χ4n) is 1.25. The summed E-state index contributed by atoms with van der Waals surface area (Å²) in [5.74, 6) is -2.15. The van der Waals surface area contributed by atoms with Crippen LogP contribution in [0.1, 0.15) is 30.6 Å². The molecule has 98 valence electrons. The van der Waals surface area contributed by atoms with Crippen molar-refractivity contribution < 1.29 is 19.1 Å². The maximum Gasteiger partial charge on any atom is 0.329 e. The summed E-state index contributed by atoms with van der Waals surface area (Å²) in [5.41, 5.74) is -1.14. The monoisotopic (exact) mass is 317 g/mol. The van der Waals surface area contributed by atoms with Crippen molar-refractivity contribution in [3.63, 3.8) is 0 Å². The van der Waals surface area contributed by atoms with Gasteiger partial charge in [0.25, 0.3) is 5.91 Å². The molecular weight excluding hydrogens is 305 g/mol. The zero-order valence-electron chi connectivity index (χ0n) is 9.96. The normalized spacial score (nSPS) is 13.8. The second kappa shape index (κ2) is 5.48. The Labute approximate surface area is 112 Å². The lowest BCUT2D eigenvalue weighted by atomic mass is 9.98. The molecule has 0 bridgehead atoms. The highest BCUT2D eigenvalue weighted by Crippen LogP contribution is 2.18. The Morgan fingerprint density at radius 1 is 1.50 bits per heavy atom. The second-order valence-electron chi connectivity index (χ2n) is 4.07. The van der Waals surface area contributed by atoms with E-state index >= 15 is 0 Å². The van der Waals surface area contributed by atoms with Gasteiger partial charge in [-0.2, -0.15) is 0 Å². The second-order valence-corrected chi connectivity index (χ2v) is 4.93. The number of amides is 1. The Morgan fingerprint density at radius 2 is 2.11 bits per heavy atom. The van der Waals surface area contributed by atoms with Crippen LogP contribution in [0.5, 0.6) is 0 Å². The van der Waals surface area contributed by atoms with Gasteiger partial charge in [0.15, 0.2) is 0 Å². The van der Waals surface area contributed by atoms with Gasteiger partial charge in [0.2, 0.25) is 0 Å².